The molecule has 2 aromatic rings. The average molecular weight is 389 g/mol. The average Bonchev–Trinajstić information content (AvgIpc) is 3.14. The zero-order valence-corrected chi connectivity index (χ0v) is 16.1. The van der Waals surface area contributed by atoms with Crippen LogP contribution >= 0.6 is 11.3 Å². The van der Waals surface area contributed by atoms with Crippen LogP contribution in [0, 0.1) is 10.1 Å². The zero-order chi connectivity index (χ0) is 19.2. The monoisotopic (exact) mass is 389 g/mol. The fourth-order valence-electron chi connectivity index (χ4n) is 2.99. The summed E-state index contributed by atoms with van der Waals surface area (Å²) in [7, 11) is 0. The Morgan fingerprint density at radius 3 is 2.78 bits per heavy atom. The van der Waals surface area contributed by atoms with Gasteiger partial charge in [-0.1, -0.05) is 19.1 Å². The van der Waals surface area contributed by atoms with Crippen LogP contribution in [0.1, 0.15) is 23.2 Å². The molecular formula is C18H23N5O3S. The second kappa shape index (κ2) is 8.92. The van der Waals surface area contributed by atoms with Crippen LogP contribution in [-0.4, -0.2) is 51.9 Å². The van der Waals surface area contributed by atoms with E-state index >= 15 is 0 Å². The number of hydrogen-bond donors (Lipinski definition) is 1. The lowest BCUT2D eigenvalue weighted by atomic mass is 10.2. The third kappa shape index (κ3) is 5.24. The maximum Gasteiger partial charge on any atom is 0.317 e. The smallest absolute Gasteiger partial charge is 0.317 e. The van der Waals surface area contributed by atoms with E-state index in [2.05, 4.69) is 27.5 Å². The van der Waals surface area contributed by atoms with Crippen molar-refractivity contribution >= 4 is 23.1 Å². The SMILES string of the molecule is CCc1nc(CN2CCN(C(=O)NCc3cccc([N+](=O)[O-])c3)CC2)cs1. The van der Waals surface area contributed by atoms with Gasteiger partial charge in [0.2, 0.25) is 0 Å². The molecule has 0 aliphatic carbocycles. The van der Waals surface area contributed by atoms with Gasteiger partial charge in [0.25, 0.3) is 5.69 Å². The van der Waals surface area contributed by atoms with E-state index in [1.54, 1.807) is 28.4 Å². The maximum absolute atomic E-state index is 12.3. The number of aryl methyl sites for hydroxylation is 1. The van der Waals surface area contributed by atoms with E-state index in [1.165, 1.54) is 12.1 Å². The largest absolute Gasteiger partial charge is 0.334 e. The van der Waals surface area contributed by atoms with Crippen LogP contribution in [0.3, 0.4) is 0 Å². The summed E-state index contributed by atoms with van der Waals surface area (Å²) in [5.74, 6) is 0. The van der Waals surface area contributed by atoms with Crippen molar-refractivity contribution in [2.24, 2.45) is 0 Å². The van der Waals surface area contributed by atoms with E-state index < -0.39 is 4.92 Å². The molecule has 0 saturated carbocycles. The number of nitro benzene ring substituents is 1. The van der Waals surface area contributed by atoms with Gasteiger partial charge in [-0.25, -0.2) is 9.78 Å². The predicted molar refractivity (Wildman–Crippen MR) is 104 cm³/mol. The molecule has 1 saturated heterocycles. The highest BCUT2D eigenvalue weighted by Gasteiger charge is 2.21. The number of thiazole rings is 1. The fraction of sp³-hybridized carbons (Fsp3) is 0.444. The number of nitrogens with one attached hydrogen (secondary N) is 1. The number of non-ortho nitro benzene ring substituents is 1. The van der Waals surface area contributed by atoms with Gasteiger partial charge in [-0.15, -0.1) is 11.3 Å². The molecule has 1 aliphatic rings. The number of nitrogens with zero attached hydrogens (tertiary/aromatic N) is 4. The molecule has 9 heteroatoms. The van der Waals surface area contributed by atoms with E-state index in [0.717, 1.165) is 36.8 Å². The standard InChI is InChI=1S/C18H23N5O3S/c1-2-17-20-15(13-27-17)12-21-6-8-22(9-7-21)18(24)19-11-14-4-3-5-16(10-14)23(25)26/h3-5,10,13H,2,6-9,11-12H2,1H3,(H,19,24). The molecule has 0 bridgehead atoms. The minimum absolute atomic E-state index is 0.0311. The molecule has 0 unspecified atom stereocenters. The second-order valence-electron chi connectivity index (χ2n) is 6.44. The second-order valence-corrected chi connectivity index (χ2v) is 7.38. The Bertz CT molecular complexity index is 802. The van der Waals surface area contributed by atoms with Gasteiger partial charge >= 0.3 is 6.03 Å². The summed E-state index contributed by atoms with van der Waals surface area (Å²) in [5.41, 5.74) is 1.84. The summed E-state index contributed by atoms with van der Waals surface area (Å²) in [6.07, 6.45) is 0.961. The number of carbonyl (C=O) groups is 1. The van der Waals surface area contributed by atoms with Crippen LogP contribution in [0.2, 0.25) is 0 Å². The molecule has 144 valence electrons. The summed E-state index contributed by atoms with van der Waals surface area (Å²) in [6, 6.07) is 6.18. The fourth-order valence-corrected chi connectivity index (χ4v) is 3.73. The van der Waals surface area contributed by atoms with Crippen molar-refractivity contribution in [1.29, 1.82) is 0 Å². The molecule has 1 aromatic carbocycles. The van der Waals surface area contributed by atoms with Gasteiger partial charge in [-0.2, -0.15) is 0 Å². The number of amides is 2. The van der Waals surface area contributed by atoms with Crippen molar-refractivity contribution in [1.82, 2.24) is 20.1 Å². The normalized spacial score (nSPS) is 14.9. The van der Waals surface area contributed by atoms with Gasteiger partial charge in [0.05, 0.1) is 15.6 Å². The molecular weight excluding hydrogens is 366 g/mol. The number of carbonyl (C=O) groups excluding carboxylic acids is 1. The summed E-state index contributed by atoms with van der Waals surface area (Å²) in [4.78, 5) is 31.4. The van der Waals surface area contributed by atoms with Crippen LogP contribution in [0.4, 0.5) is 10.5 Å². The van der Waals surface area contributed by atoms with Gasteiger partial charge in [-0.3, -0.25) is 15.0 Å². The highest BCUT2D eigenvalue weighted by atomic mass is 32.1. The van der Waals surface area contributed by atoms with Gasteiger partial charge in [0.15, 0.2) is 0 Å². The predicted octanol–water partition coefficient (Wildman–Crippen LogP) is 2.64. The highest BCUT2D eigenvalue weighted by Crippen LogP contribution is 2.15. The molecule has 0 atom stereocenters. The van der Waals surface area contributed by atoms with E-state index in [4.69, 9.17) is 0 Å². The summed E-state index contributed by atoms with van der Waals surface area (Å²) < 4.78 is 0. The molecule has 1 fully saturated rings. The lowest BCUT2D eigenvalue weighted by molar-refractivity contribution is -0.384. The number of rotatable bonds is 6. The van der Waals surface area contributed by atoms with Crippen LogP contribution in [-0.2, 0) is 19.5 Å². The lowest BCUT2D eigenvalue weighted by Gasteiger charge is -2.34. The molecule has 0 radical (unpaired) electrons. The van der Waals surface area contributed by atoms with Crippen LogP contribution in [0.5, 0.6) is 0 Å². The van der Waals surface area contributed by atoms with Crippen molar-refractivity contribution < 1.29 is 9.72 Å². The van der Waals surface area contributed by atoms with E-state index in [1.807, 2.05) is 0 Å². The molecule has 1 N–H and O–H groups in total. The number of hydrogen-bond acceptors (Lipinski definition) is 6. The number of nitro groups is 1. The first-order valence-electron chi connectivity index (χ1n) is 8.97. The Morgan fingerprint density at radius 1 is 1.33 bits per heavy atom. The van der Waals surface area contributed by atoms with E-state index in [-0.39, 0.29) is 18.3 Å². The topological polar surface area (TPSA) is 91.6 Å². The first-order chi connectivity index (χ1) is 13.0. The quantitative estimate of drug-likeness (QED) is 0.606. The Balaban J connectivity index is 1.44. The van der Waals surface area contributed by atoms with Crippen LogP contribution < -0.4 is 5.32 Å². The molecule has 1 aromatic heterocycles. The van der Waals surface area contributed by atoms with Crippen LogP contribution in [0.25, 0.3) is 0 Å². The van der Waals surface area contributed by atoms with Crippen molar-refractivity contribution in [3.63, 3.8) is 0 Å². The lowest BCUT2D eigenvalue weighted by Crippen LogP contribution is -2.51. The van der Waals surface area contributed by atoms with Crippen molar-refractivity contribution in [3.05, 3.63) is 56.0 Å². The van der Waals surface area contributed by atoms with Crippen LogP contribution in [0.15, 0.2) is 29.6 Å². The third-order valence-electron chi connectivity index (χ3n) is 4.51. The third-order valence-corrected chi connectivity index (χ3v) is 5.55. The minimum Gasteiger partial charge on any atom is -0.334 e. The van der Waals surface area contributed by atoms with E-state index in [9.17, 15) is 14.9 Å². The number of benzene rings is 1. The van der Waals surface area contributed by atoms with Gasteiger partial charge in [-0.05, 0) is 12.0 Å². The van der Waals surface area contributed by atoms with Gasteiger partial charge in [0, 0.05) is 56.8 Å². The Kier molecular flexibility index (Phi) is 6.36. The number of piperazine rings is 1. The zero-order valence-electron chi connectivity index (χ0n) is 15.3. The molecule has 27 heavy (non-hydrogen) atoms. The summed E-state index contributed by atoms with van der Waals surface area (Å²) in [6.45, 7) is 6.14. The Labute approximate surface area is 162 Å². The first kappa shape index (κ1) is 19.2. The maximum atomic E-state index is 12.3. The molecule has 3 rings (SSSR count). The van der Waals surface area contributed by atoms with Gasteiger partial charge < -0.3 is 10.2 Å². The van der Waals surface area contributed by atoms with E-state index in [0.29, 0.717) is 18.7 Å². The number of aromatic nitrogens is 1. The summed E-state index contributed by atoms with van der Waals surface area (Å²) >= 11 is 1.70. The molecule has 1 aliphatic heterocycles. The minimum atomic E-state index is -0.434. The van der Waals surface area contributed by atoms with Gasteiger partial charge in [0.1, 0.15) is 0 Å². The van der Waals surface area contributed by atoms with Crippen molar-refractivity contribution in [2.75, 3.05) is 26.2 Å². The Hall–Kier alpha value is -2.52. The molecule has 8 nitrogen and oxygen atoms in total. The Morgan fingerprint density at radius 2 is 2.11 bits per heavy atom. The summed E-state index contributed by atoms with van der Waals surface area (Å²) in [5, 5.41) is 16.9. The highest BCUT2D eigenvalue weighted by molar-refractivity contribution is 7.09. The van der Waals surface area contributed by atoms with Crippen molar-refractivity contribution in [3.8, 4) is 0 Å². The molecule has 2 heterocycles. The molecule has 2 amide bonds. The number of urea groups is 1. The van der Waals surface area contributed by atoms with Crippen molar-refractivity contribution in [2.45, 2.75) is 26.4 Å². The molecule has 0 spiro atoms. The first-order valence-corrected chi connectivity index (χ1v) is 9.85.